The van der Waals surface area contributed by atoms with E-state index in [9.17, 15) is 9.18 Å². The van der Waals surface area contributed by atoms with Crippen LogP contribution in [0.4, 0.5) is 4.39 Å². The van der Waals surface area contributed by atoms with Crippen LogP contribution in [0.3, 0.4) is 0 Å². The number of hydrogen-bond acceptors (Lipinski definition) is 3. The summed E-state index contributed by atoms with van der Waals surface area (Å²) < 4.78 is 19.1. The first kappa shape index (κ1) is 15.8. The van der Waals surface area contributed by atoms with E-state index in [-0.39, 0.29) is 17.5 Å². The topological polar surface area (TPSA) is 41.6 Å². The third kappa shape index (κ3) is 3.73. The molecule has 1 aromatic carbocycles. The molecule has 0 spiro atoms. The van der Waals surface area contributed by atoms with Crippen molar-refractivity contribution in [2.24, 2.45) is 0 Å². The van der Waals surface area contributed by atoms with Gasteiger partial charge >= 0.3 is 0 Å². The Hall–Kier alpha value is -1.62. The van der Waals surface area contributed by atoms with Gasteiger partial charge in [0.1, 0.15) is 11.6 Å². The lowest BCUT2D eigenvalue weighted by atomic mass is 10.0. The van der Waals surface area contributed by atoms with Gasteiger partial charge < -0.3 is 15.0 Å². The highest BCUT2D eigenvalue weighted by Gasteiger charge is 2.27. The monoisotopic (exact) mass is 294 g/mol. The van der Waals surface area contributed by atoms with Crippen LogP contribution >= 0.6 is 0 Å². The lowest BCUT2D eigenvalue weighted by Gasteiger charge is -2.34. The average molecular weight is 294 g/mol. The Labute approximate surface area is 125 Å². The lowest BCUT2D eigenvalue weighted by Crippen LogP contribution is -2.46. The summed E-state index contributed by atoms with van der Waals surface area (Å²) in [5, 5.41) is 3.29. The third-order valence-corrected chi connectivity index (χ3v) is 3.88. The second-order valence-corrected chi connectivity index (χ2v) is 5.33. The summed E-state index contributed by atoms with van der Waals surface area (Å²) in [4.78, 5) is 14.5. The average Bonchev–Trinajstić information content (AvgIpc) is 2.52. The first-order valence-electron chi connectivity index (χ1n) is 7.52. The molecule has 1 aromatic rings. The molecule has 116 valence electrons. The molecule has 1 fully saturated rings. The molecule has 0 aromatic heterocycles. The van der Waals surface area contributed by atoms with E-state index >= 15 is 0 Å². The molecule has 1 heterocycles. The van der Waals surface area contributed by atoms with Gasteiger partial charge in [-0.05, 0) is 44.5 Å². The summed E-state index contributed by atoms with van der Waals surface area (Å²) in [7, 11) is 1.48. The Bertz CT molecular complexity index is 487. The Balaban J connectivity index is 2.21. The van der Waals surface area contributed by atoms with Crippen molar-refractivity contribution >= 4 is 5.91 Å². The number of ether oxygens (including phenoxy) is 1. The molecule has 1 N–H and O–H groups in total. The molecule has 0 saturated carbocycles. The fourth-order valence-electron chi connectivity index (χ4n) is 2.76. The number of carbonyl (C=O) groups is 1. The van der Waals surface area contributed by atoms with Crippen LogP contribution in [0.2, 0.25) is 0 Å². The van der Waals surface area contributed by atoms with Crippen LogP contribution in [0.5, 0.6) is 5.75 Å². The molecule has 21 heavy (non-hydrogen) atoms. The number of amides is 1. The van der Waals surface area contributed by atoms with Gasteiger partial charge in [0, 0.05) is 18.7 Å². The zero-order valence-electron chi connectivity index (χ0n) is 12.7. The maximum atomic E-state index is 14.1. The highest BCUT2D eigenvalue weighted by molar-refractivity contribution is 5.94. The van der Waals surface area contributed by atoms with Crippen molar-refractivity contribution in [3.63, 3.8) is 0 Å². The van der Waals surface area contributed by atoms with Crippen molar-refractivity contribution in [1.82, 2.24) is 10.2 Å². The van der Waals surface area contributed by atoms with E-state index in [1.54, 1.807) is 6.07 Å². The standard InChI is InChI=1S/C16H23FN2O2/c1-3-10-19(12-6-8-18-9-7-12)16(20)14-5-4-13(21-2)11-15(14)17/h4-5,11-12,18H,3,6-10H2,1-2H3. The lowest BCUT2D eigenvalue weighted by molar-refractivity contribution is 0.0638. The summed E-state index contributed by atoms with van der Waals surface area (Å²) in [6, 6.07) is 4.60. The van der Waals surface area contributed by atoms with Crippen molar-refractivity contribution in [3.8, 4) is 5.75 Å². The minimum atomic E-state index is -0.519. The third-order valence-electron chi connectivity index (χ3n) is 3.88. The summed E-state index contributed by atoms with van der Waals surface area (Å²) >= 11 is 0. The second-order valence-electron chi connectivity index (χ2n) is 5.33. The number of halogens is 1. The Morgan fingerprint density at radius 3 is 2.71 bits per heavy atom. The quantitative estimate of drug-likeness (QED) is 0.907. The summed E-state index contributed by atoms with van der Waals surface area (Å²) in [5.74, 6) is -0.314. The van der Waals surface area contributed by atoms with Gasteiger partial charge in [-0.1, -0.05) is 6.92 Å². The zero-order valence-corrected chi connectivity index (χ0v) is 12.7. The minimum absolute atomic E-state index is 0.128. The van der Waals surface area contributed by atoms with E-state index in [1.807, 2.05) is 11.8 Å². The van der Waals surface area contributed by atoms with Crippen LogP contribution in [0.25, 0.3) is 0 Å². The number of methoxy groups -OCH3 is 1. The fraction of sp³-hybridized carbons (Fsp3) is 0.562. The molecule has 0 atom stereocenters. The van der Waals surface area contributed by atoms with Gasteiger partial charge in [-0.3, -0.25) is 4.79 Å². The number of hydrogen-bond donors (Lipinski definition) is 1. The van der Waals surface area contributed by atoms with E-state index in [0.29, 0.717) is 12.3 Å². The number of rotatable bonds is 5. The number of carbonyl (C=O) groups excluding carboxylic acids is 1. The largest absolute Gasteiger partial charge is 0.497 e. The molecule has 2 rings (SSSR count). The van der Waals surface area contributed by atoms with Gasteiger partial charge in [0.2, 0.25) is 0 Å². The zero-order chi connectivity index (χ0) is 15.2. The van der Waals surface area contributed by atoms with Crippen LogP contribution < -0.4 is 10.1 Å². The van der Waals surface area contributed by atoms with E-state index < -0.39 is 5.82 Å². The second kappa shape index (κ2) is 7.41. The van der Waals surface area contributed by atoms with Gasteiger partial charge in [0.25, 0.3) is 5.91 Å². The first-order chi connectivity index (χ1) is 10.2. The van der Waals surface area contributed by atoms with Crippen molar-refractivity contribution < 1.29 is 13.9 Å². The maximum absolute atomic E-state index is 14.1. The van der Waals surface area contributed by atoms with Gasteiger partial charge in [0.05, 0.1) is 12.7 Å². The van der Waals surface area contributed by atoms with Crippen LogP contribution in [0, 0.1) is 5.82 Å². The number of nitrogens with one attached hydrogen (secondary N) is 1. The number of piperidine rings is 1. The summed E-state index contributed by atoms with van der Waals surface area (Å²) in [6.07, 6.45) is 2.71. The molecule has 1 saturated heterocycles. The first-order valence-corrected chi connectivity index (χ1v) is 7.52. The number of benzene rings is 1. The SMILES string of the molecule is CCCN(C(=O)c1ccc(OC)cc1F)C1CCNCC1. The molecular formula is C16H23FN2O2. The van der Waals surface area contributed by atoms with Crippen LogP contribution in [-0.2, 0) is 0 Å². The van der Waals surface area contributed by atoms with E-state index in [0.717, 1.165) is 32.4 Å². The Morgan fingerprint density at radius 2 is 2.14 bits per heavy atom. The molecule has 1 aliphatic rings. The van der Waals surface area contributed by atoms with Crippen LogP contribution in [0.15, 0.2) is 18.2 Å². The van der Waals surface area contributed by atoms with Gasteiger partial charge in [-0.2, -0.15) is 0 Å². The maximum Gasteiger partial charge on any atom is 0.257 e. The molecular weight excluding hydrogens is 271 g/mol. The molecule has 0 bridgehead atoms. The van der Waals surface area contributed by atoms with Gasteiger partial charge in [-0.15, -0.1) is 0 Å². The number of nitrogens with zero attached hydrogens (tertiary/aromatic N) is 1. The van der Waals surface area contributed by atoms with Crippen molar-refractivity contribution in [2.75, 3.05) is 26.7 Å². The van der Waals surface area contributed by atoms with Crippen molar-refractivity contribution in [3.05, 3.63) is 29.6 Å². The fourth-order valence-corrected chi connectivity index (χ4v) is 2.76. The molecule has 0 unspecified atom stereocenters. The van der Waals surface area contributed by atoms with E-state index in [4.69, 9.17) is 4.74 Å². The molecule has 5 heteroatoms. The smallest absolute Gasteiger partial charge is 0.257 e. The highest BCUT2D eigenvalue weighted by atomic mass is 19.1. The summed E-state index contributed by atoms with van der Waals surface area (Å²) in [5.41, 5.74) is 0.128. The molecule has 0 aliphatic carbocycles. The highest BCUT2D eigenvalue weighted by Crippen LogP contribution is 2.21. The van der Waals surface area contributed by atoms with E-state index in [1.165, 1.54) is 19.2 Å². The Morgan fingerprint density at radius 1 is 1.43 bits per heavy atom. The Kier molecular flexibility index (Phi) is 5.56. The molecule has 1 aliphatic heterocycles. The van der Waals surface area contributed by atoms with Gasteiger partial charge in [0.15, 0.2) is 0 Å². The predicted octanol–water partition coefficient (Wildman–Crippen LogP) is 2.44. The summed E-state index contributed by atoms with van der Waals surface area (Å²) in [6.45, 7) is 4.51. The minimum Gasteiger partial charge on any atom is -0.497 e. The van der Waals surface area contributed by atoms with Crippen LogP contribution in [-0.4, -0.2) is 43.6 Å². The van der Waals surface area contributed by atoms with E-state index in [2.05, 4.69) is 5.32 Å². The molecule has 0 radical (unpaired) electrons. The van der Waals surface area contributed by atoms with Crippen LogP contribution in [0.1, 0.15) is 36.5 Å². The van der Waals surface area contributed by atoms with Crippen molar-refractivity contribution in [2.45, 2.75) is 32.2 Å². The van der Waals surface area contributed by atoms with Crippen molar-refractivity contribution in [1.29, 1.82) is 0 Å². The molecule has 1 amide bonds. The normalized spacial score (nSPS) is 15.8. The molecule has 4 nitrogen and oxygen atoms in total. The van der Waals surface area contributed by atoms with Gasteiger partial charge in [-0.25, -0.2) is 4.39 Å². The predicted molar refractivity (Wildman–Crippen MR) is 80.2 cm³/mol.